The van der Waals surface area contributed by atoms with Gasteiger partial charge in [-0.25, -0.2) is 4.79 Å². The van der Waals surface area contributed by atoms with E-state index in [-0.39, 0.29) is 12.1 Å². The minimum atomic E-state index is -0.294. The molecule has 5 heteroatoms. The number of rotatable bonds is 2. The zero-order valence-electron chi connectivity index (χ0n) is 12.0. The number of nitrogens with one attached hydrogen (secondary N) is 2. The van der Waals surface area contributed by atoms with Gasteiger partial charge in [-0.1, -0.05) is 0 Å². The van der Waals surface area contributed by atoms with Gasteiger partial charge < -0.3 is 20.3 Å². The number of benzene rings is 1. The van der Waals surface area contributed by atoms with E-state index in [0.29, 0.717) is 11.5 Å². The monoisotopic (exact) mass is 275 g/mol. The first-order valence-electron chi connectivity index (χ1n) is 7.11. The number of ether oxygens (including phenoxy) is 1. The molecule has 0 spiro atoms. The van der Waals surface area contributed by atoms with Gasteiger partial charge in [0.15, 0.2) is 0 Å². The molecule has 5 nitrogen and oxygen atoms in total. The smallest absolute Gasteiger partial charge is 0.337 e. The summed E-state index contributed by atoms with van der Waals surface area (Å²) in [5.74, 6) is 0.331. The zero-order valence-corrected chi connectivity index (χ0v) is 12.0. The molecule has 0 bridgehead atoms. The van der Waals surface area contributed by atoms with Gasteiger partial charge in [0, 0.05) is 0 Å². The van der Waals surface area contributed by atoms with Crippen LogP contribution in [0.25, 0.3) is 0 Å². The first-order valence-corrected chi connectivity index (χ1v) is 7.11. The van der Waals surface area contributed by atoms with E-state index in [1.807, 2.05) is 12.1 Å². The Morgan fingerprint density at radius 2 is 1.95 bits per heavy atom. The van der Waals surface area contributed by atoms with E-state index >= 15 is 0 Å². The van der Waals surface area contributed by atoms with Gasteiger partial charge in [0.25, 0.3) is 0 Å². The summed E-state index contributed by atoms with van der Waals surface area (Å²) in [5.41, 5.74) is 2.66. The van der Waals surface area contributed by atoms with E-state index in [9.17, 15) is 4.79 Å². The lowest BCUT2D eigenvalue weighted by molar-refractivity contribution is 0.0601. The van der Waals surface area contributed by atoms with Crippen LogP contribution in [0.1, 0.15) is 23.2 Å². The molecule has 3 rings (SSSR count). The number of hydrogen-bond acceptors (Lipinski definition) is 5. The van der Waals surface area contributed by atoms with Gasteiger partial charge >= 0.3 is 5.97 Å². The van der Waals surface area contributed by atoms with Crippen molar-refractivity contribution in [2.75, 3.05) is 37.9 Å². The van der Waals surface area contributed by atoms with Crippen molar-refractivity contribution in [2.45, 2.75) is 19.0 Å². The number of carbonyl (C=O) groups is 1. The summed E-state index contributed by atoms with van der Waals surface area (Å²) >= 11 is 0. The number of likely N-dealkylation sites (tertiary alicyclic amines) is 1. The van der Waals surface area contributed by atoms with Crippen molar-refractivity contribution in [1.82, 2.24) is 4.90 Å². The van der Waals surface area contributed by atoms with E-state index in [0.717, 1.165) is 24.5 Å². The summed E-state index contributed by atoms with van der Waals surface area (Å²) in [6, 6.07) is 5.61. The average Bonchev–Trinajstić information content (AvgIpc) is 2.90. The molecule has 1 unspecified atom stereocenters. The maximum atomic E-state index is 11.6. The number of esters is 1. The van der Waals surface area contributed by atoms with Crippen LogP contribution in [0.4, 0.5) is 11.4 Å². The van der Waals surface area contributed by atoms with Crippen molar-refractivity contribution < 1.29 is 9.53 Å². The van der Waals surface area contributed by atoms with Gasteiger partial charge in [0.2, 0.25) is 0 Å². The lowest BCUT2D eigenvalue weighted by Gasteiger charge is -2.32. The second kappa shape index (κ2) is 5.32. The quantitative estimate of drug-likeness (QED) is 0.808. The van der Waals surface area contributed by atoms with Crippen molar-refractivity contribution in [1.29, 1.82) is 0 Å². The number of methoxy groups -OCH3 is 1. The SMILES string of the molecule is COC(=O)c1ccc2c(c1)NC(C1CCN(C)CC1)N2. The molecule has 1 saturated heterocycles. The van der Waals surface area contributed by atoms with Crippen molar-refractivity contribution in [3.8, 4) is 0 Å². The Morgan fingerprint density at radius 3 is 2.65 bits per heavy atom. The van der Waals surface area contributed by atoms with Crippen molar-refractivity contribution >= 4 is 17.3 Å². The molecule has 0 amide bonds. The van der Waals surface area contributed by atoms with E-state index < -0.39 is 0 Å². The third-order valence-electron chi connectivity index (χ3n) is 4.30. The first-order chi connectivity index (χ1) is 9.67. The normalized spacial score (nSPS) is 22.8. The number of anilines is 2. The Labute approximate surface area is 119 Å². The van der Waals surface area contributed by atoms with Gasteiger partial charge in [0.1, 0.15) is 0 Å². The number of piperidine rings is 1. The number of fused-ring (bicyclic) bond motifs is 1. The molecule has 108 valence electrons. The third-order valence-corrected chi connectivity index (χ3v) is 4.30. The second-order valence-electron chi connectivity index (χ2n) is 5.66. The summed E-state index contributed by atoms with van der Waals surface area (Å²) in [6.45, 7) is 2.29. The predicted molar refractivity (Wildman–Crippen MR) is 79.0 cm³/mol. The Balaban J connectivity index is 1.70. The van der Waals surface area contributed by atoms with Gasteiger partial charge in [-0.3, -0.25) is 0 Å². The summed E-state index contributed by atoms with van der Waals surface area (Å²) in [7, 11) is 3.58. The highest BCUT2D eigenvalue weighted by molar-refractivity contribution is 5.92. The maximum Gasteiger partial charge on any atom is 0.337 e. The molecule has 1 aromatic rings. The van der Waals surface area contributed by atoms with Crippen LogP contribution in [0.2, 0.25) is 0 Å². The highest BCUT2D eigenvalue weighted by Crippen LogP contribution is 2.34. The first kappa shape index (κ1) is 13.2. The minimum Gasteiger partial charge on any atom is -0.465 e. The number of hydrogen-bond donors (Lipinski definition) is 2. The fraction of sp³-hybridized carbons (Fsp3) is 0.533. The molecule has 2 aliphatic heterocycles. The summed E-state index contributed by atoms with van der Waals surface area (Å²) in [4.78, 5) is 13.9. The Hall–Kier alpha value is -1.75. The van der Waals surface area contributed by atoms with Crippen molar-refractivity contribution in [3.63, 3.8) is 0 Å². The van der Waals surface area contributed by atoms with E-state index in [1.54, 1.807) is 6.07 Å². The highest BCUT2D eigenvalue weighted by Gasteiger charge is 2.30. The van der Waals surface area contributed by atoms with Gasteiger partial charge in [-0.05, 0) is 57.1 Å². The van der Waals surface area contributed by atoms with Gasteiger partial charge in [0.05, 0.1) is 30.2 Å². The van der Waals surface area contributed by atoms with Crippen LogP contribution in [0.5, 0.6) is 0 Å². The van der Waals surface area contributed by atoms with E-state index in [2.05, 4.69) is 22.6 Å². The topological polar surface area (TPSA) is 53.6 Å². The van der Waals surface area contributed by atoms with Crippen molar-refractivity contribution in [2.24, 2.45) is 5.92 Å². The van der Waals surface area contributed by atoms with E-state index in [1.165, 1.54) is 20.0 Å². The van der Waals surface area contributed by atoms with Crippen LogP contribution < -0.4 is 10.6 Å². The fourth-order valence-electron chi connectivity index (χ4n) is 3.00. The minimum absolute atomic E-state index is 0.270. The lowest BCUT2D eigenvalue weighted by Crippen LogP contribution is -2.40. The van der Waals surface area contributed by atoms with Crippen LogP contribution in [0, 0.1) is 5.92 Å². The van der Waals surface area contributed by atoms with Crippen LogP contribution in [0.15, 0.2) is 18.2 Å². The van der Waals surface area contributed by atoms with Crippen LogP contribution in [0.3, 0.4) is 0 Å². The van der Waals surface area contributed by atoms with Gasteiger partial charge in [-0.2, -0.15) is 0 Å². The lowest BCUT2D eigenvalue weighted by atomic mass is 9.94. The molecule has 1 fully saturated rings. The summed E-state index contributed by atoms with van der Waals surface area (Å²) in [5, 5.41) is 7.02. The number of nitrogens with zero attached hydrogens (tertiary/aromatic N) is 1. The molecule has 0 saturated carbocycles. The Morgan fingerprint density at radius 1 is 1.25 bits per heavy atom. The average molecular weight is 275 g/mol. The molecule has 0 radical (unpaired) electrons. The largest absolute Gasteiger partial charge is 0.465 e. The molecule has 0 aromatic heterocycles. The van der Waals surface area contributed by atoms with Crippen LogP contribution in [-0.2, 0) is 4.74 Å². The maximum absolute atomic E-state index is 11.6. The molecule has 1 aromatic carbocycles. The highest BCUT2D eigenvalue weighted by atomic mass is 16.5. The predicted octanol–water partition coefficient (Wildman–Crippen LogP) is 1.98. The molecule has 2 aliphatic rings. The molecular formula is C15H21N3O2. The van der Waals surface area contributed by atoms with Crippen LogP contribution in [-0.4, -0.2) is 44.3 Å². The Kier molecular flexibility index (Phi) is 3.53. The summed E-state index contributed by atoms with van der Waals surface area (Å²) in [6.07, 6.45) is 2.66. The molecule has 2 heterocycles. The molecule has 0 aliphatic carbocycles. The zero-order chi connectivity index (χ0) is 14.1. The molecular weight excluding hydrogens is 254 g/mol. The van der Waals surface area contributed by atoms with E-state index in [4.69, 9.17) is 4.74 Å². The fourth-order valence-corrected chi connectivity index (χ4v) is 3.00. The van der Waals surface area contributed by atoms with Crippen molar-refractivity contribution in [3.05, 3.63) is 23.8 Å². The van der Waals surface area contributed by atoms with Gasteiger partial charge in [-0.15, -0.1) is 0 Å². The number of carbonyl (C=O) groups excluding carboxylic acids is 1. The second-order valence-corrected chi connectivity index (χ2v) is 5.66. The Bertz CT molecular complexity index is 510. The molecule has 1 atom stereocenters. The van der Waals surface area contributed by atoms with Crippen LogP contribution >= 0.6 is 0 Å². The third kappa shape index (κ3) is 2.45. The standard InChI is InChI=1S/C15H21N3O2/c1-18-7-5-10(6-8-18)14-16-12-4-3-11(15(19)20-2)9-13(12)17-14/h3-4,9-10,14,16-17H,5-8H2,1-2H3. The summed E-state index contributed by atoms with van der Waals surface area (Å²) < 4.78 is 4.76. The molecule has 20 heavy (non-hydrogen) atoms. The molecule has 2 N–H and O–H groups in total.